The van der Waals surface area contributed by atoms with Crippen molar-refractivity contribution in [2.24, 2.45) is 0 Å². The molecule has 8 heteroatoms. The van der Waals surface area contributed by atoms with Crippen LogP contribution in [0.3, 0.4) is 0 Å². The molecule has 1 aromatic rings. The maximum Gasteiger partial charge on any atom is 0.308 e. The molecule has 0 aromatic carbocycles. The molecule has 1 fully saturated rings. The molecule has 112 valence electrons. The predicted molar refractivity (Wildman–Crippen MR) is 74.4 cm³/mol. The molecule has 0 aliphatic carbocycles. The lowest BCUT2D eigenvalue weighted by atomic mass is 10.3. The summed E-state index contributed by atoms with van der Waals surface area (Å²) in [6, 6.07) is 3.03. The lowest BCUT2D eigenvalue weighted by Crippen LogP contribution is -2.47. The largest absolute Gasteiger partial charge is 0.481 e. The van der Waals surface area contributed by atoms with Gasteiger partial charge in [0.05, 0.1) is 18.6 Å². The fraction of sp³-hybridized carbons (Fsp3) is 0.583. The summed E-state index contributed by atoms with van der Waals surface area (Å²) in [5.74, 6) is -0.968. The van der Waals surface area contributed by atoms with Crippen molar-refractivity contribution < 1.29 is 23.1 Å². The van der Waals surface area contributed by atoms with Crippen molar-refractivity contribution in [2.75, 3.05) is 13.1 Å². The second kappa shape index (κ2) is 5.80. The number of ether oxygens (including phenoxy) is 1. The Bertz CT molecular complexity index is 585. The van der Waals surface area contributed by atoms with Crippen molar-refractivity contribution in [1.82, 2.24) is 4.31 Å². The zero-order valence-corrected chi connectivity index (χ0v) is 12.9. The van der Waals surface area contributed by atoms with Gasteiger partial charge >= 0.3 is 5.97 Å². The molecule has 6 nitrogen and oxygen atoms in total. The minimum Gasteiger partial charge on any atom is -0.481 e. The highest BCUT2D eigenvalue weighted by molar-refractivity contribution is 7.91. The number of rotatable bonds is 4. The van der Waals surface area contributed by atoms with Gasteiger partial charge in [0.25, 0.3) is 10.0 Å². The van der Waals surface area contributed by atoms with E-state index in [1.54, 1.807) is 6.07 Å². The van der Waals surface area contributed by atoms with Crippen molar-refractivity contribution in [1.29, 1.82) is 0 Å². The van der Waals surface area contributed by atoms with Gasteiger partial charge in [0.2, 0.25) is 0 Å². The highest BCUT2D eigenvalue weighted by Gasteiger charge is 2.33. The Labute approximate surface area is 122 Å². The third kappa shape index (κ3) is 3.38. The zero-order chi connectivity index (χ0) is 14.9. The van der Waals surface area contributed by atoms with Gasteiger partial charge in [-0.15, -0.1) is 11.3 Å². The first kappa shape index (κ1) is 15.4. The third-order valence-corrected chi connectivity index (χ3v) is 6.33. The maximum absolute atomic E-state index is 12.5. The standard InChI is InChI=1S/C12H17NO5S2/c1-8-6-13(7-9(2)18-8)20(16,17)12-4-3-10(19-12)5-11(14)15/h3-4,8-9H,5-7H2,1-2H3,(H,14,15)/t8-,9+. The number of carboxylic acid groups (broad SMARTS) is 1. The number of aliphatic carboxylic acids is 1. The van der Waals surface area contributed by atoms with Crippen LogP contribution in [-0.2, 0) is 26.0 Å². The number of carbonyl (C=O) groups is 1. The smallest absolute Gasteiger partial charge is 0.308 e. The van der Waals surface area contributed by atoms with Crippen LogP contribution in [0.1, 0.15) is 18.7 Å². The first-order valence-electron chi connectivity index (χ1n) is 6.25. The molecule has 1 aliphatic rings. The molecule has 0 bridgehead atoms. The second-order valence-electron chi connectivity index (χ2n) is 4.87. The molecule has 2 heterocycles. The number of sulfonamides is 1. The molecule has 0 amide bonds. The molecule has 1 aromatic heterocycles. The summed E-state index contributed by atoms with van der Waals surface area (Å²) in [7, 11) is -3.56. The molecule has 2 atom stereocenters. The van der Waals surface area contributed by atoms with E-state index in [1.807, 2.05) is 13.8 Å². The molecule has 20 heavy (non-hydrogen) atoms. The minimum absolute atomic E-state index is 0.146. The van der Waals surface area contributed by atoms with Crippen molar-refractivity contribution in [3.8, 4) is 0 Å². The Morgan fingerprint density at radius 3 is 2.55 bits per heavy atom. The normalized spacial score (nSPS) is 24.7. The number of carboxylic acids is 1. The summed E-state index contributed by atoms with van der Waals surface area (Å²) < 4.78 is 32.1. The number of hydrogen-bond donors (Lipinski definition) is 1. The minimum atomic E-state index is -3.56. The van der Waals surface area contributed by atoms with E-state index in [0.717, 1.165) is 11.3 Å². The summed E-state index contributed by atoms with van der Waals surface area (Å²) in [4.78, 5) is 11.2. The lowest BCUT2D eigenvalue weighted by molar-refractivity contribution is -0.136. The molecule has 0 saturated carbocycles. The third-order valence-electron chi connectivity index (χ3n) is 2.94. The van der Waals surface area contributed by atoms with Gasteiger partial charge < -0.3 is 9.84 Å². The first-order chi connectivity index (χ1) is 9.29. The van der Waals surface area contributed by atoms with E-state index in [9.17, 15) is 13.2 Å². The van der Waals surface area contributed by atoms with Crippen molar-refractivity contribution in [2.45, 2.75) is 36.7 Å². The molecule has 0 radical (unpaired) electrons. The average Bonchev–Trinajstić information content (AvgIpc) is 2.75. The van der Waals surface area contributed by atoms with Crippen LogP contribution in [0, 0.1) is 0 Å². The highest BCUT2D eigenvalue weighted by atomic mass is 32.2. The van der Waals surface area contributed by atoms with Crippen LogP contribution in [0.2, 0.25) is 0 Å². The fourth-order valence-electron chi connectivity index (χ4n) is 2.20. The number of hydrogen-bond acceptors (Lipinski definition) is 5. The molecule has 0 spiro atoms. The number of nitrogens with zero attached hydrogens (tertiary/aromatic N) is 1. The van der Waals surface area contributed by atoms with Gasteiger partial charge in [0, 0.05) is 18.0 Å². The van der Waals surface area contributed by atoms with E-state index in [0.29, 0.717) is 18.0 Å². The summed E-state index contributed by atoms with van der Waals surface area (Å²) in [6.07, 6.45) is -0.449. The van der Waals surface area contributed by atoms with Gasteiger partial charge in [-0.25, -0.2) is 8.42 Å². The van der Waals surface area contributed by atoms with Gasteiger partial charge in [-0.05, 0) is 26.0 Å². The molecular weight excluding hydrogens is 302 g/mol. The first-order valence-corrected chi connectivity index (χ1v) is 8.51. The van der Waals surface area contributed by atoms with Crippen LogP contribution in [0.5, 0.6) is 0 Å². The van der Waals surface area contributed by atoms with E-state index in [1.165, 1.54) is 10.4 Å². The molecular formula is C12H17NO5S2. The molecule has 1 aliphatic heterocycles. The van der Waals surface area contributed by atoms with Crippen molar-refractivity contribution in [3.05, 3.63) is 17.0 Å². The summed E-state index contributed by atoms with van der Waals surface area (Å²) in [6.45, 7) is 4.31. The summed E-state index contributed by atoms with van der Waals surface area (Å²) in [5.41, 5.74) is 0. The van der Waals surface area contributed by atoms with Gasteiger partial charge in [-0.1, -0.05) is 0 Å². The Hall–Kier alpha value is -0.960. The van der Waals surface area contributed by atoms with Crippen LogP contribution in [-0.4, -0.2) is 49.1 Å². The maximum atomic E-state index is 12.5. The SMILES string of the molecule is C[C@@H]1CN(S(=O)(=O)c2ccc(CC(=O)O)s2)C[C@H](C)O1. The quantitative estimate of drug-likeness (QED) is 0.900. The van der Waals surface area contributed by atoms with Gasteiger partial charge in [0.1, 0.15) is 4.21 Å². The second-order valence-corrected chi connectivity index (χ2v) is 8.20. The summed E-state index contributed by atoms with van der Waals surface area (Å²) in [5, 5.41) is 8.73. The predicted octanol–water partition coefficient (Wildman–Crippen LogP) is 1.17. The summed E-state index contributed by atoms with van der Waals surface area (Å²) >= 11 is 1.01. The molecule has 1 N–H and O–H groups in total. The molecule has 2 rings (SSSR count). The van der Waals surface area contributed by atoms with E-state index in [4.69, 9.17) is 9.84 Å². The topological polar surface area (TPSA) is 83.9 Å². The Morgan fingerprint density at radius 1 is 1.40 bits per heavy atom. The Morgan fingerprint density at radius 2 is 2.00 bits per heavy atom. The molecule has 1 saturated heterocycles. The zero-order valence-electron chi connectivity index (χ0n) is 11.3. The van der Waals surface area contributed by atoms with E-state index in [-0.39, 0.29) is 22.8 Å². The van der Waals surface area contributed by atoms with Crippen molar-refractivity contribution >= 4 is 27.3 Å². The van der Waals surface area contributed by atoms with Crippen LogP contribution in [0.4, 0.5) is 0 Å². The fourth-order valence-corrected chi connectivity index (χ4v) is 5.29. The number of thiophene rings is 1. The van der Waals surface area contributed by atoms with Gasteiger partial charge in [-0.2, -0.15) is 4.31 Å². The monoisotopic (exact) mass is 319 g/mol. The van der Waals surface area contributed by atoms with E-state index >= 15 is 0 Å². The van der Waals surface area contributed by atoms with E-state index in [2.05, 4.69) is 0 Å². The Balaban J connectivity index is 2.21. The van der Waals surface area contributed by atoms with Crippen LogP contribution >= 0.6 is 11.3 Å². The van der Waals surface area contributed by atoms with Gasteiger partial charge in [-0.3, -0.25) is 4.79 Å². The Kier molecular flexibility index (Phi) is 4.48. The van der Waals surface area contributed by atoms with E-state index < -0.39 is 16.0 Å². The molecule has 0 unspecified atom stereocenters. The van der Waals surface area contributed by atoms with Crippen LogP contribution in [0.15, 0.2) is 16.3 Å². The highest BCUT2D eigenvalue weighted by Crippen LogP contribution is 2.27. The van der Waals surface area contributed by atoms with Gasteiger partial charge in [0.15, 0.2) is 0 Å². The average molecular weight is 319 g/mol. The van der Waals surface area contributed by atoms with Crippen molar-refractivity contribution in [3.63, 3.8) is 0 Å². The number of morpholine rings is 1. The lowest BCUT2D eigenvalue weighted by Gasteiger charge is -2.34. The van der Waals surface area contributed by atoms with Crippen LogP contribution in [0.25, 0.3) is 0 Å². The van der Waals surface area contributed by atoms with Crippen LogP contribution < -0.4 is 0 Å².